The van der Waals surface area contributed by atoms with E-state index in [0.717, 1.165) is 39.0 Å². The van der Waals surface area contributed by atoms with Crippen molar-refractivity contribution >= 4 is 46.3 Å². The summed E-state index contributed by atoms with van der Waals surface area (Å²) in [5.41, 5.74) is 3.09. The minimum Gasteiger partial charge on any atom is -0.368 e. The van der Waals surface area contributed by atoms with E-state index in [-0.39, 0.29) is 36.0 Å². The Morgan fingerprint density at radius 1 is 0.775 bits per heavy atom. The number of ketones is 2. The van der Waals surface area contributed by atoms with Gasteiger partial charge in [-0.05, 0) is 36.1 Å². The summed E-state index contributed by atoms with van der Waals surface area (Å²) >= 11 is 0. The average molecular weight is 554 g/mol. The van der Waals surface area contributed by atoms with Crippen molar-refractivity contribution in [1.29, 1.82) is 0 Å². The number of anilines is 1. The summed E-state index contributed by atoms with van der Waals surface area (Å²) < 4.78 is 0. The van der Waals surface area contributed by atoms with Crippen LogP contribution in [0.15, 0.2) is 84.9 Å². The maximum absolute atomic E-state index is 13.4. The van der Waals surface area contributed by atoms with Crippen LogP contribution in [0.1, 0.15) is 62.0 Å². The number of piperazine rings is 1. The molecule has 40 heavy (non-hydrogen) atoms. The van der Waals surface area contributed by atoms with Crippen LogP contribution in [-0.4, -0.2) is 54.7 Å². The van der Waals surface area contributed by atoms with Gasteiger partial charge >= 0.3 is 0 Å². The topological polar surface area (TPSA) is 69.7 Å². The molecule has 1 unspecified atom stereocenters. The Morgan fingerprint density at radius 2 is 1.40 bits per heavy atom. The van der Waals surface area contributed by atoms with Gasteiger partial charge in [-0.3, -0.25) is 19.3 Å². The van der Waals surface area contributed by atoms with Crippen molar-refractivity contribution in [2.45, 2.75) is 25.9 Å². The Kier molecular flexibility index (Phi) is 8.01. The maximum atomic E-state index is 13.4. The fraction of sp³-hybridized carbons (Fsp3) is 0.242. The lowest BCUT2D eigenvalue weighted by atomic mass is 9.83. The first-order valence-electron chi connectivity index (χ1n) is 13.6. The minimum absolute atomic E-state index is 0. The predicted octanol–water partition coefficient (Wildman–Crippen LogP) is 5.72. The molecule has 1 atom stereocenters. The first kappa shape index (κ1) is 27.6. The number of amides is 1. The second-order valence-corrected chi connectivity index (χ2v) is 10.3. The Labute approximate surface area is 240 Å². The third-order valence-corrected chi connectivity index (χ3v) is 7.91. The molecular weight excluding hydrogens is 522 g/mol. The second-order valence-electron chi connectivity index (χ2n) is 10.3. The van der Waals surface area contributed by atoms with E-state index < -0.39 is 0 Å². The zero-order valence-corrected chi connectivity index (χ0v) is 23.2. The van der Waals surface area contributed by atoms with Crippen LogP contribution in [0, 0.1) is 0 Å². The quantitative estimate of drug-likeness (QED) is 0.291. The molecule has 7 heteroatoms. The molecule has 1 heterocycles. The summed E-state index contributed by atoms with van der Waals surface area (Å²) in [6.45, 7) is 5.54. The molecule has 1 saturated heterocycles. The highest BCUT2D eigenvalue weighted by atomic mass is 35.5. The molecule has 1 aliphatic carbocycles. The summed E-state index contributed by atoms with van der Waals surface area (Å²) in [4.78, 5) is 44.2. The van der Waals surface area contributed by atoms with Crippen molar-refractivity contribution in [2.75, 3.05) is 31.1 Å². The van der Waals surface area contributed by atoms with Gasteiger partial charge in [-0.25, -0.2) is 0 Å². The van der Waals surface area contributed by atoms with Crippen LogP contribution in [0.25, 0.3) is 10.8 Å². The number of nitrogens with one attached hydrogen (secondary N) is 1. The van der Waals surface area contributed by atoms with Gasteiger partial charge in [-0.1, -0.05) is 74.0 Å². The van der Waals surface area contributed by atoms with Gasteiger partial charge in [-0.2, -0.15) is 0 Å². The number of nitrogens with zero attached hydrogens (tertiary/aromatic N) is 2. The van der Waals surface area contributed by atoms with E-state index in [4.69, 9.17) is 0 Å². The molecule has 204 valence electrons. The normalized spacial score (nSPS) is 15.7. The van der Waals surface area contributed by atoms with E-state index in [0.29, 0.717) is 27.8 Å². The van der Waals surface area contributed by atoms with Gasteiger partial charge in [0.25, 0.3) is 5.91 Å². The van der Waals surface area contributed by atoms with Crippen molar-refractivity contribution in [3.63, 3.8) is 0 Å². The molecule has 0 saturated carbocycles. The zero-order valence-electron chi connectivity index (χ0n) is 22.4. The van der Waals surface area contributed by atoms with Crippen molar-refractivity contribution in [3.05, 3.63) is 113 Å². The number of rotatable bonds is 6. The van der Waals surface area contributed by atoms with E-state index in [9.17, 15) is 14.4 Å². The third kappa shape index (κ3) is 5.01. The van der Waals surface area contributed by atoms with Gasteiger partial charge < -0.3 is 10.2 Å². The van der Waals surface area contributed by atoms with Gasteiger partial charge in [0.2, 0.25) is 0 Å². The molecule has 1 N–H and O–H groups in total. The van der Waals surface area contributed by atoms with Crippen LogP contribution in [0.3, 0.4) is 0 Å². The van der Waals surface area contributed by atoms with Crippen LogP contribution in [0.2, 0.25) is 0 Å². The maximum Gasteiger partial charge on any atom is 0.252 e. The Bertz CT molecular complexity index is 1590. The minimum atomic E-state index is -0.230. The van der Waals surface area contributed by atoms with Crippen LogP contribution in [-0.2, 0) is 0 Å². The Morgan fingerprint density at radius 3 is 2.12 bits per heavy atom. The van der Waals surface area contributed by atoms with Gasteiger partial charge in [0.1, 0.15) is 0 Å². The summed E-state index contributed by atoms with van der Waals surface area (Å²) in [5, 5.41) is 5.71. The third-order valence-electron chi connectivity index (χ3n) is 7.91. The molecule has 4 aromatic rings. The molecule has 1 fully saturated rings. The highest BCUT2D eigenvalue weighted by Crippen LogP contribution is 2.29. The number of halogens is 1. The molecule has 0 radical (unpaired) electrons. The zero-order chi connectivity index (χ0) is 26.9. The van der Waals surface area contributed by atoms with Crippen molar-refractivity contribution < 1.29 is 14.4 Å². The van der Waals surface area contributed by atoms with Crippen molar-refractivity contribution in [2.24, 2.45) is 0 Å². The molecule has 0 aromatic heterocycles. The molecule has 0 spiro atoms. The van der Waals surface area contributed by atoms with Crippen LogP contribution in [0.4, 0.5) is 5.69 Å². The van der Waals surface area contributed by atoms with E-state index in [1.807, 2.05) is 0 Å². The average Bonchev–Trinajstić information content (AvgIpc) is 2.99. The predicted molar refractivity (Wildman–Crippen MR) is 161 cm³/mol. The summed E-state index contributed by atoms with van der Waals surface area (Å²) in [5.74, 6) is -0.628. The van der Waals surface area contributed by atoms with Crippen LogP contribution >= 0.6 is 12.4 Å². The molecule has 6 rings (SSSR count). The monoisotopic (exact) mass is 553 g/mol. The van der Waals surface area contributed by atoms with Gasteiger partial charge in [0, 0.05) is 65.1 Å². The SMILES string of the molecule is CCCC(NC(=O)c1ccc2c(c1)C(=O)c1ccccc1C2=O)N1CCN(c2cccc3ccccc23)CC1.Cl. The van der Waals surface area contributed by atoms with Crippen molar-refractivity contribution in [3.8, 4) is 0 Å². The number of fused-ring (bicyclic) bond motifs is 3. The number of carbonyl (C=O) groups excluding carboxylic acids is 3. The lowest BCUT2D eigenvalue weighted by Gasteiger charge is -2.40. The van der Waals surface area contributed by atoms with Crippen LogP contribution in [0.5, 0.6) is 0 Å². The molecule has 6 nitrogen and oxygen atoms in total. The number of hydrogen-bond acceptors (Lipinski definition) is 5. The molecular formula is C33H32ClN3O3. The Balaban J connectivity index is 0.00000323. The van der Waals surface area contributed by atoms with Crippen LogP contribution < -0.4 is 10.2 Å². The van der Waals surface area contributed by atoms with Gasteiger partial charge in [-0.15, -0.1) is 12.4 Å². The molecule has 4 aromatic carbocycles. The Hall–Kier alpha value is -4.00. The molecule has 1 aliphatic heterocycles. The lowest BCUT2D eigenvalue weighted by Crippen LogP contribution is -2.56. The van der Waals surface area contributed by atoms with Gasteiger partial charge in [0.15, 0.2) is 11.6 Å². The number of benzene rings is 4. The van der Waals surface area contributed by atoms with E-state index in [1.54, 1.807) is 42.5 Å². The molecule has 0 bridgehead atoms. The summed E-state index contributed by atoms with van der Waals surface area (Å²) in [6.07, 6.45) is 1.66. The fourth-order valence-electron chi connectivity index (χ4n) is 5.85. The summed E-state index contributed by atoms with van der Waals surface area (Å²) in [7, 11) is 0. The first-order chi connectivity index (χ1) is 19.0. The number of carbonyl (C=O) groups is 3. The summed E-state index contributed by atoms with van der Waals surface area (Å²) in [6, 6.07) is 26.6. The highest BCUT2D eigenvalue weighted by molar-refractivity contribution is 6.28. The lowest BCUT2D eigenvalue weighted by molar-refractivity contribution is 0.0824. The molecule has 1 amide bonds. The molecule has 2 aliphatic rings. The van der Waals surface area contributed by atoms with Crippen molar-refractivity contribution in [1.82, 2.24) is 10.2 Å². The largest absolute Gasteiger partial charge is 0.368 e. The first-order valence-corrected chi connectivity index (χ1v) is 13.6. The second kappa shape index (κ2) is 11.6. The number of hydrogen-bond donors (Lipinski definition) is 1. The highest BCUT2D eigenvalue weighted by Gasteiger charge is 2.31. The van der Waals surface area contributed by atoms with E-state index in [1.165, 1.54) is 16.5 Å². The van der Waals surface area contributed by atoms with Gasteiger partial charge in [0.05, 0.1) is 6.17 Å². The van der Waals surface area contributed by atoms with E-state index >= 15 is 0 Å². The van der Waals surface area contributed by atoms with E-state index in [2.05, 4.69) is 64.5 Å². The standard InChI is InChI=1S/C33H31N3O3.ClH/c1-2-8-30(36-19-17-35(18-20-36)29-14-7-10-22-9-3-4-11-24(22)29)34-33(39)23-15-16-27-28(21-23)32(38)26-13-6-5-12-25(26)31(27)37;/h3-7,9-16,21,30H,2,8,17-20H2,1H3,(H,34,39);1H. The smallest absolute Gasteiger partial charge is 0.252 e. The fourth-order valence-corrected chi connectivity index (χ4v) is 5.85.